The van der Waals surface area contributed by atoms with Crippen molar-refractivity contribution >= 4 is 23.1 Å². The van der Waals surface area contributed by atoms with Crippen LogP contribution in [0, 0.1) is 0 Å². The van der Waals surface area contributed by atoms with Gasteiger partial charge >= 0.3 is 11.8 Å². The lowest BCUT2D eigenvalue weighted by Crippen LogP contribution is -2.49. The normalized spacial score (nSPS) is 14.3. The first-order valence-corrected chi connectivity index (χ1v) is 9.66. The van der Waals surface area contributed by atoms with Crippen molar-refractivity contribution in [2.45, 2.75) is 6.54 Å². The number of carbonyl (C=O) groups is 1. The molecule has 3 aromatic rings. The lowest BCUT2D eigenvalue weighted by atomic mass is 10.3. The molecule has 1 amide bonds. The molecule has 0 aromatic carbocycles. The molecule has 0 atom stereocenters. The Morgan fingerprint density at radius 2 is 1.83 bits per heavy atom. The highest BCUT2D eigenvalue weighted by atomic mass is 16.6. The molecule has 0 radical (unpaired) electrons. The van der Waals surface area contributed by atoms with Crippen LogP contribution in [0.3, 0.4) is 0 Å². The van der Waals surface area contributed by atoms with Gasteiger partial charge in [-0.2, -0.15) is 0 Å². The van der Waals surface area contributed by atoms with E-state index in [2.05, 4.69) is 14.9 Å². The topological polar surface area (TPSA) is 107 Å². The number of pyridine rings is 1. The number of hydrogen-bond acceptors (Lipinski definition) is 7. The van der Waals surface area contributed by atoms with Crippen LogP contribution >= 0.6 is 0 Å². The summed E-state index contributed by atoms with van der Waals surface area (Å²) in [4.78, 5) is 49.1. The summed E-state index contributed by atoms with van der Waals surface area (Å²) >= 11 is 0. The molecule has 0 spiro atoms. The minimum Gasteiger partial charge on any atom is -0.448 e. The highest BCUT2D eigenvalue weighted by Gasteiger charge is 2.23. The van der Waals surface area contributed by atoms with Gasteiger partial charge in [0.25, 0.3) is 5.56 Å². The zero-order chi connectivity index (χ0) is 21.3. The number of hydrogen-bond donors (Lipinski definition) is 0. The first-order chi connectivity index (χ1) is 14.5. The monoisotopic (exact) mass is 413 g/mol. The summed E-state index contributed by atoms with van der Waals surface area (Å²) in [5.41, 5.74) is -0.253. The summed E-state index contributed by atoms with van der Waals surface area (Å²) in [6, 6.07) is 5.76. The number of ether oxygens (including phenoxy) is 1. The van der Waals surface area contributed by atoms with Crippen LogP contribution in [0.5, 0.6) is 0 Å². The number of aromatic nitrogens is 5. The van der Waals surface area contributed by atoms with Crippen molar-refractivity contribution in [1.82, 2.24) is 28.6 Å². The van der Waals surface area contributed by atoms with Gasteiger partial charge in [-0.15, -0.1) is 0 Å². The Hall–Kier alpha value is -3.63. The maximum absolute atomic E-state index is 12.4. The quantitative estimate of drug-likeness (QED) is 0.582. The van der Waals surface area contributed by atoms with E-state index in [0.717, 1.165) is 10.4 Å². The van der Waals surface area contributed by atoms with Crippen molar-refractivity contribution in [3.8, 4) is 0 Å². The lowest BCUT2D eigenvalue weighted by molar-refractivity contribution is 0.0972. The van der Waals surface area contributed by atoms with Gasteiger partial charge in [-0.25, -0.2) is 19.6 Å². The molecule has 3 aromatic heterocycles. The first-order valence-electron chi connectivity index (χ1n) is 9.66. The van der Waals surface area contributed by atoms with Gasteiger partial charge in [0.2, 0.25) is 0 Å². The Morgan fingerprint density at radius 3 is 2.53 bits per heavy atom. The molecule has 4 rings (SSSR count). The predicted molar refractivity (Wildman–Crippen MR) is 110 cm³/mol. The fraction of sp³-hybridized carbons (Fsp3) is 0.421. The van der Waals surface area contributed by atoms with Crippen LogP contribution in [-0.4, -0.2) is 67.4 Å². The second kappa shape index (κ2) is 8.01. The predicted octanol–water partition coefficient (Wildman–Crippen LogP) is -0.212. The number of piperazine rings is 1. The van der Waals surface area contributed by atoms with Crippen LogP contribution in [0.15, 0.2) is 40.3 Å². The van der Waals surface area contributed by atoms with Crippen LogP contribution < -0.4 is 16.1 Å². The van der Waals surface area contributed by atoms with Crippen LogP contribution in [0.2, 0.25) is 0 Å². The van der Waals surface area contributed by atoms with E-state index in [1.54, 1.807) is 22.7 Å². The third-order valence-electron chi connectivity index (χ3n) is 5.29. The third-order valence-corrected chi connectivity index (χ3v) is 5.29. The molecular weight excluding hydrogens is 390 g/mol. The van der Waals surface area contributed by atoms with E-state index in [4.69, 9.17) is 4.74 Å². The van der Waals surface area contributed by atoms with Gasteiger partial charge in [0.1, 0.15) is 12.4 Å². The summed E-state index contributed by atoms with van der Waals surface area (Å²) in [6.45, 7) is 2.82. The number of rotatable bonds is 4. The molecule has 0 bridgehead atoms. The standard InChI is InChI=1S/C19H23N7O4/c1-22-16-15(17(27)23(2)18(22)28)26(13-21-16)11-12-30-19(29)25-9-7-24(8-10-25)14-5-3-4-6-20-14/h3-6,13H,7-12H2,1-2H3. The highest BCUT2D eigenvalue weighted by Crippen LogP contribution is 2.13. The number of nitrogens with zero attached hydrogens (tertiary/aromatic N) is 7. The average molecular weight is 413 g/mol. The molecule has 30 heavy (non-hydrogen) atoms. The fourth-order valence-electron chi connectivity index (χ4n) is 3.55. The molecule has 11 nitrogen and oxygen atoms in total. The molecule has 1 aliphatic rings. The molecule has 1 saturated heterocycles. The van der Waals surface area contributed by atoms with Gasteiger partial charge in [0.15, 0.2) is 11.2 Å². The first kappa shape index (κ1) is 19.7. The Morgan fingerprint density at radius 1 is 1.07 bits per heavy atom. The molecule has 11 heteroatoms. The molecular formula is C19H23N7O4. The minimum atomic E-state index is -0.436. The number of carbonyl (C=O) groups excluding carboxylic acids is 1. The smallest absolute Gasteiger partial charge is 0.409 e. The van der Waals surface area contributed by atoms with Gasteiger partial charge < -0.3 is 19.1 Å². The molecule has 0 aliphatic carbocycles. The van der Waals surface area contributed by atoms with Crippen molar-refractivity contribution in [2.24, 2.45) is 14.1 Å². The molecule has 0 N–H and O–H groups in total. The molecule has 158 valence electrons. The Bertz CT molecular complexity index is 1170. The van der Waals surface area contributed by atoms with Gasteiger partial charge in [-0.05, 0) is 12.1 Å². The van der Waals surface area contributed by atoms with Crippen LogP contribution in [0.4, 0.5) is 10.6 Å². The number of fused-ring (bicyclic) bond motifs is 1. The van der Waals surface area contributed by atoms with Gasteiger partial charge in [-0.3, -0.25) is 13.9 Å². The second-order valence-electron chi connectivity index (χ2n) is 7.09. The van der Waals surface area contributed by atoms with Crippen molar-refractivity contribution in [1.29, 1.82) is 0 Å². The molecule has 1 aliphatic heterocycles. The van der Waals surface area contributed by atoms with Crippen LogP contribution in [0.1, 0.15) is 0 Å². The average Bonchev–Trinajstić information content (AvgIpc) is 3.21. The zero-order valence-electron chi connectivity index (χ0n) is 16.9. The van der Waals surface area contributed by atoms with Gasteiger partial charge in [0, 0.05) is 46.5 Å². The third kappa shape index (κ3) is 3.53. The van der Waals surface area contributed by atoms with Crippen molar-refractivity contribution in [3.63, 3.8) is 0 Å². The highest BCUT2D eigenvalue weighted by molar-refractivity contribution is 5.70. The molecule has 1 fully saturated rings. The zero-order valence-corrected chi connectivity index (χ0v) is 16.9. The van der Waals surface area contributed by atoms with E-state index in [0.29, 0.717) is 37.3 Å². The lowest BCUT2D eigenvalue weighted by Gasteiger charge is -2.34. The summed E-state index contributed by atoms with van der Waals surface area (Å²) in [6.07, 6.45) is 2.84. The van der Waals surface area contributed by atoms with Gasteiger partial charge in [0.05, 0.1) is 12.9 Å². The summed E-state index contributed by atoms with van der Waals surface area (Å²) in [5.74, 6) is 0.897. The second-order valence-corrected chi connectivity index (χ2v) is 7.09. The maximum atomic E-state index is 12.4. The van der Waals surface area contributed by atoms with Crippen molar-refractivity contribution < 1.29 is 9.53 Å². The molecule has 0 saturated carbocycles. The maximum Gasteiger partial charge on any atom is 0.409 e. The van der Waals surface area contributed by atoms with Crippen molar-refractivity contribution in [3.05, 3.63) is 51.6 Å². The Balaban J connectivity index is 1.35. The minimum absolute atomic E-state index is 0.0940. The van der Waals surface area contributed by atoms with Crippen LogP contribution in [0.25, 0.3) is 11.2 Å². The fourth-order valence-corrected chi connectivity index (χ4v) is 3.55. The summed E-state index contributed by atoms with van der Waals surface area (Å²) in [5, 5.41) is 0. The van der Waals surface area contributed by atoms with E-state index in [1.807, 2.05) is 18.2 Å². The number of amides is 1. The SMILES string of the molecule is Cn1c(=O)c2c(ncn2CCOC(=O)N2CCN(c3ccccn3)CC2)n(C)c1=O. The Kier molecular flexibility index (Phi) is 5.25. The van der Waals surface area contributed by atoms with E-state index in [1.165, 1.54) is 17.9 Å². The number of imidazole rings is 1. The summed E-state index contributed by atoms with van der Waals surface area (Å²) < 4.78 is 9.35. The summed E-state index contributed by atoms with van der Waals surface area (Å²) in [7, 11) is 2.98. The number of aryl methyl sites for hydroxylation is 1. The van der Waals surface area contributed by atoms with Crippen LogP contribution in [-0.2, 0) is 25.4 Å². The van der Waals surface area contributed by atoms with E-state index >= 15 is 0 Å². The largest absolute Gasteiger partial charge is 0.448 e. The Labute approximate surface area is 171 Å². The van der Waals surface area contributed by atoms with E-state index < -0.39 is 11.2 Å². The number of anilines is 1. The molecule has 4 heterocycles. The van der Waals surface area contributed by atoms with E-state index in [9.17, 15) is 14.4 Å². The van der Waals surface area contributed by atoms with Gasteiger partial charge in [-0.1, -0.05) is 6.07 Å². The van der Waals surface area contributed by atoms with E-state index in [-0.39, 0.29) is 19.2 Å². The van der Waals surface area contributed by atoms with Crippen molar-refractivity contribution in [2.75, 3.05) is 37.7 Å². The molecule has 0 unspecified atom stereocenters.